The van der Waals surface area contributed by atoms with Gasteiger partial charge in [-0.3, -0.25) is 14.5 Å². The van der Waals surface area contributed by atoms with Crippen molar-refractivity contribution in [3.05, 3.63) is 35.4 Å². The lowest BCUT2D eigenvalue weighted by atomic mass is 9.85. The molecular formula is C18H22N2O2. The highest BCUT2D eigenvalue weighted by molar-refractivity contribution is 6.21. The second kappa shape index (κ2) is 4.92. The van der Waals surface area contributed by atoms with Crippen LogP contribution in [0.25, 0.3) is 0 Å². The van der Waals surface area contributed by atoms with E-state index in [2.05, 4.69) is 18.9 Å². The number of rotatable bonds is 2. The van der Waals surface area contributed by atoms with E-state index in [1.54, 1.807) is 12.1 Å². The van der Waals surface area contributed by atoms with Crippen LogP contribution in [0, 0.1) is 5.92 Å². The first-order chi connectivity index (χ1) is 10.6. The average Bonchev–Trinajstić information content (AvgIpc) is 2.89. The number of amides is 2. The summed E-state index contributed by atoms with van der Waals surface area (Å²) in [6.45, 7) is 2.05. The van der Waals surface area contributed by atoms with Gasteiger partial charge in [-0.25, -0.2) is 0 Å². The van der Waals surface area contributed by atoms with Crippen molar-refractivity contribution in [1.29, 1.82) is 0 Å². The predicted octanol–water partition coefficient (Wildman–Crippen LogP) is 2.54. The highest BCUT2D eigenvalue weighted by atomic mass is 16.2. The van der Waals surface area contributed by atoms with E-state index in [0.717, 1.165) is 12.8 Å². The van der Waals surface area contributed by atoms with Crippen LogP contribution in [0.4, 0.5) is 0 Å². The number of piperidine rings is 1. The van der Waals surface area contributed by atoms with Crippen LogP contribution in [0.1, 0.15) is 53.3 Å². The first kappa shape index (κ1) is 13.9. The van der Waals surface area contributed by atoms with Crippen molar-refractivity contribution in [2.24, 2.45) is 5.92 Å². The molecule has 4 nitrogen and oxygen atoms in total. The average molecular weight is 298 g/mol. The molecule has 0 aromatic heterocycles. The SMILES string of the molecule is CC(C1CC2CCC(C1)N2C)N1C(=O)c2ccccc2C1=O. The summed E-state index contributed by atoms with van der Waals surface area (Å²) in [6, 6.07) is 8.43. The Labute approximate surface area is 131 Å². The zero-order chi connectivity index (χ0) is 15.4. The maximum absolute atomic E-state index is 12.6. The molecule has 3 aliphatic heterocycles. The van der Waals surface area contributed by atoms with Gasteiger partial charge in [-0.15, -0.1) is 0 Å². The maximum atomic E-state index is 12.6. The Hall–Kier alpha value is -1.68. The Morgan fingerprint density at radius 2 is 1.50 bits per heavy atom. The number of imide groups is 1. The first-order valence-electron chi connectivity index (χ1n) is 8.26. The summed E-state index contributed by atoms with van der Waals surface area (Å²) in [5.74, 6) is 0.203. The molecule has 4 rings (SSSR count). The Bertz CT molecular complexity index is 593. The predicted molar refractivity (Wildman–Crippen MR) is 83.7 cm³/mol. The molecule has 0 N–H and O–H groups in total. The highest BCUT2D eigenvalue weighted by Crippen LogP contribution is 2.40. The number of benzene rings is 1. The molecule has 2 bridgehead atoms. The minimum Gasteiger partial charge on any atom is -0.300 e. The zero-order valence-corrected chi connectivity index (χ0v) is 13.2. The summed E-state index contributed by atoms with van der Waals surface area (Å²) in [5.41, 5.74) is 1.13. The summed E-state index contributed by atoms with van der Waals surface area (Å²) in [5, 5.41) is 0. The molecule has 2 saturated heterocycles. The van der Waals surface area contributed by atoms with Gasteiger partial charge in [0.1, 0.15) is 0 Å². The molecule has 0 spiro atoms. The second-order valence-corrected chi connectivity index (χ2v) is 7.05. The van der Waals surface area contributed by atoms with Gasteiger partial charge in [-0.1, -0.05) is 12.1 Å². The van der Waals surface area contributed by atoms with Crippen LogP contribution in [0.15, 0.2) is 24.3 Å². The Morgan fingerprint density at radius 1 is 1.00 bits per heavy atom. The second-order valence-electron chi connectivity index (χ2n) is 7.05. The number of hydrogen-bond donors (Lipinski definition) is 0. The highest BCUT2D eigenvalue weighted by Gasteiger charge is 2.45. The van der Waals surface area contributed by atoms with Gasteiger partial charge < -0.3 is 4.90 Å². The van der Waals surface area contributed by atoms with Gasteiger partial charge in [0, 0.05) is 18.1 Å². The maximum Gasteiger partial charge on any atom is 0.261 e. The van der Waals surface area contributed by atoms with E-state index in [1.165, 1.54) is 17.7 Å². The monoisotopic (exact) mass is 298 g/mol. The van der Waals surface area contributed by atoms with Crippen LogP contribution in [0.2, 0.25) is 0 Å². The van der Waals surface area contributed by atoms with Crippen LogP contribution in [0.5, 0.6) is 0 Å². The van der Waals surface area contributed by atoms with Crippen molar-refractivity contribution in [3.63, 3.8) is 0 Å². The Balaban J connectivity index is 1.58. The van der Waals surface area contributed by atoms with Crippen molar-refractivity contribution >= 4 is 11.8 Å². The number of carbonyl (C=O) groups excluding carboxylic acids is 2. The molecule has 22 heavy (non-hydrogen) atoms. The van der Waals surface area contributed by atoms with E-state index in [4.69, 9.17) is 0 Å². The van der Waals surface area contributed by atoms with Gasteiger partial charge >= 0.3 is 0 Å². The summed E-state index contributed by atoms with van der Waals surface area (Å²) < 4.78 is 0. The third kappa shape index (κ3) is 1.86. The standard InChI is InChI=1S/C18H22N2O2/c1-11(12-9-13-7-8-14(10-12)19(13)2)20-17(21)15-5-3-4-6-16(15)18(20)22/h3-6,11-14H,7-10H2,1-2H3. The number of nitrogens with zero attached hydrogens (tertiary/aromatic N) is 2. The molecule has 0 saturated carbocycles. The summed E-state index contributed by atoms with van der Waals surface area (Å²) in [6.07, 6.45) is 4.71. The van der Waals surface area contributed by atoms with Gasteiger partial charge in [0.25, 0.3) is 11.8 Å². The number of fused-ring (bicyclic) bond motifs is 3. The van der Waals surface area contributed by atoms with Crippen molar-refractivity contribution in [2.45, 2.75) is 50.7 Å². The van der Waals surface area contributed by atoms with Crippen LogP contribution in [-0.4, -0.2) is 46.8 Å². The van der Waals surface area contributed by atoms with E-state index in [9.17, 15) is 9.59 Å². The zero-order valence-electron chi connectivity index (χ0n) is 13.2. The lowest BCUT2D eigenvalue weighted by Crippen LogP contribution is -2.49. The van der Waals surface area contributed by atoms with Crippen molar-refractivity contribution in [3.8, 4) is 0 Å². The number of carbonyl (C=O) groups is 2. The van der Waals surface area contributed by atoms with Crippen molar-refractivity contribution in [1.82, 2.24) is 9.80 Å². The summed E-state index contributed by atoms with van der Waals surface area (Å²) in [7, 11) is 2.21. The van der Waals surface area contributed by atoms with Gasteiger partial charge in [-0.05, 0) is 57.7 Å². The largest absolute Gasteiger partial charge is 0.300 e. The van der Waals surface area contributed by atoms with E-state index in [1.807, 2.05) is 12.1 Å². The molecule has 3 aliphatic rings. The lowest BCUT2D eigenvalue weighted by Gasteiger charge is -2.40. The quantitative estimate of drug-likeness (QED) is 0.788. The Kier molecular flexibility index (Phi) is 3.12. The third-order valence-corrected chi connectivity index (χ3v) is 6.05. The van der Waals surface area contributed by atoms with Crippen LogP contribution in [0.3, 0.4) is 0 Å². The van der Waals surface area contributed by atoms with Crippen LogP contribution >= 0.6 is 0 Å². The fraction of sp³-hybridized carbons (Fsp3) is 0.556. The fourth-order valence-corrected chi connectivity index (χ4v) is 4.64. The van der Waals surface area contributed by atoms with Gasteiger partial charge in [0.15, 0.2) is 0 Å². The fourth-order valence-electron chi connectivity index (χ4n) is 4.64. The molecule has 2 amide bonds. The van der Waals surface area contributed by atoms with E-state index < -0.39 is 0 Å². The van der Waals surface area contributed by atoms with E-state index >= 15 is 0 Å². The lowest BCUT2D eigenvalue weighted by molar-refractivity contribution is 0.0429. The molecule has 4 heteroatoms. The molecule has 3 heterocycles. The minimum absolute atomic E-state index is 0.0100. The molecule has 2 fully saturated rings. The first-order valence-corrected chi connectivity index (χ1v) is 8.26. The Morgan fingerprint density at radius 3 is 2.00 bits per heavy atom. The van der Waals surface area contributed by atoms with E-state index in [0.29, 0.717) is 29.1 Å². The van der Waals surface area contributed by atoms with Crippen molar-refractivity contribution < 1.29 is 9.59 Å². The summed E-state index contributed by atoms with van der Waals surface area (Å²) >= 11 is 0. The van der Waals surface area contributed by atoms with Gasteiger partial charge in [0.05, 0.1) is 11.1 Å². The molecule has 3 unspecified atom stereocenters. The molecular weight excluding hydrogens is 276 g/mol. The topological polar surface area (TPSA) is 40.6 Å². The van der Waals surface area contributed by atoms with Gasteiger partial charge in [0.2, 0.25) is 0 Å². The molecule has 0 radical (unpaired) electrons. The smallest absolute Gasteiger partial charge is 0.261 e. The normalized spacial score (nSPS) is 32.5. The molecule has 0 aliphatic carbocycles. The summed E-state index contributed by atoms with van der Waals surface area (Å²) in [4.78, 5) is 29.3. The van der Waals surface area contributed by atoms with Crippen molar-refractivity contribution in [2.75, 3.05) is 7.05 Å². The molecule has 1 aromatic rings. The number of hydrogen-bond acceptors (Lipinski definition) is 3. The van der Waals surface area contributed by atoms with E-state index in [-0.39, 0.29) is 17.9 Å². The molecule has 1 aromatic carbocycles. The minimum atomic E-state index is -0.112. The third-order valence-electron chi connectivity index (χ3n) is 6.05. The van der Waals surface area contributed by atoms with Gasteiger partial charge in [-0.2, -0.15) is 0 Å². The molecule has 116 valence electrons. The van der Waals surface area contributed by atoms with Crippen LogP contribution in [-0.2, 0) is 0 Å². The van der Waals surface area contributed by atoms with Crippen LogP contribution < -0.4 is 0 Å². The molecule has 3 atom stereocenters.